The van der Waals surface area contributed by atoms with Crippen LogP contribution in [0.4, 0.5) is 0 Å². The highest BCUT2D eigenvalue weighted by atomic mass is 32.2. The molecule has 1 heterocycles. The second-order valence-electron chi connectivity index (χ2n) is 3.17. The van der Waals surface area contributed by atoms with Crippen molar-refractivity contribution in [2.75, 3.05) is 6.26 Å². The van der Waals surface area contributed by atoms with E-state index in [0.717, 1.165) is 6.42 Å². The van der Waals surface area contributed by atoms with Crippen LogP contribution in [-0.2, 0) is 4.74 Å². The van der Waals surface area contributed by atoms with Gasteiger partial charge in [0.2, 0.25) is 0 Å². The highest BCUT2D eigenvalue weighted by Crippen LogP contribution is 2.29. The van der Waals surface area contributed by atoms with E-state index < -0.39 is 0 Å². The van der Waals surface area contributed by atoms with E-state index in [2.05, 4.69) is 0 Å². The minimum atomic E-state index is -0.184. The number of aliphatic hydroxyl groups excluding tert-OH is 1. The molecule has 0 saturated carbocycles. The summed E-state index contributed by atoms with van der Waals surface area (Å²) in [5.74, 6) is 0.276. The zero-order chi connectivity index (χ0) is 8.43. The Kier molecular flexibility index (Phi) is 3.22. The molecular weight excluding hydrogens is 160 g/mol. The van der Waals surface area contributed by atoms with Gasteiger partial charge < -0.3 is 9.84 Å². The first-order valence-corrected chi connectivity index (χ1v) is 5.30. The lowest BCUT2D eigenvalue weighted by atomic mass is 9.94. The highest BCUT2D eigenvalue weighted by Gasteiger charge is 2.31. The van der Waals surface area contributed by atoms with Gasteiger partial charge in [0.25, 0.3) is 0 Å². The molecule has 0 aliphatic carbocycles. The largest absolute Gasteiger partial charge is 0.393 e. The van der Waals surface area contributed by atoms with E-state index in [1.165, 1.54) is 0 Å². The van der Waals surface area contributed by atoms with Crippen LogP contribution in [0.1, 0.15) is 20.3 Å². The quantitative estimate of drug-likeness (QED) is 0.656. The third kappa shape index (κ3) is 2.10. The van der Waals surface area contributed by atoms with Crippen molar-refractivity contribution in [3.8, 4) is 0 Å². The van der Waals surface area contributed by atoms with Crippen LogP contribution in [0, 0.1) is 5.92 Å². The van der Waals surface area contributed by atoms with E-state index in [-0.39, 0.29) is 23.6 Å². The zero-order valence-electron chi connectivity index (χ0n) is 7.28. The van der Waals surface area contributed by atoms with Crippen molar-refractivity contribution in [2.45, 2.75) is 37.9 Å². The predicted molar refractivity (Wildman–Crippen MR) is 47.6 cm³/mol. The van der Waals surface area contributed by atoms with Gasteiger partial charge in [0.15, 0.2) is 0 Å². The van der Waals surface area contributed by atoms with Crippen LogP contribution in [0.25, 0.3) is 0 Å². The molecule has 4 atom stereocenters. The van der Waals surface area contributed by atoms with Crippen LogP contribution in [0.15, 0.2) is 0 Å². The maximum absolute atomic E-state index is 9.56. The standard InChI is InChI=1S/C8H16O2S/c1-5-6(2)10-8(11-3)4-7(5)9/h5-9H,4H2,1-3H3/t5-,6-,7+,8-/m1/s1. The molecule has 0 bridgehead atoms. The number of thioether (sulfide) groups is 1. The lowest BCUT2D eigenvalue weighted by molar-refractivity contribution is -0.0901. The third-order valence-corrected chi connectivity index (χ3v) is 3.24. The van der Waals surface area contributed by atoms with Gasteiger partial charge in [0.05, 0.1) is 12.2 Å². The fraction of sp³-hybridized carbons (Fsp3) is 1.00. The van der Waals surface area contributed by atoms with Crippen LogP contribution in [0.5, 0.6) is 0 Å². The smallest absolute Gasteiger partial charge is 0.105 e. The first kappa shape index (κ1) is 9.36. The van der Waals surface area contributed by atoms with Gasteiger partial charge in [-0.15, -0.1) is 11.8 Å². The summed E-state index contributed by atoms with van der Waals surface area (Å²) in [4.78, 5) is 0. The van der Waals surface area contributed by atoms with Crippen molar-refractivity contribution in [1.29, 1.82) is 0 Å². The Bertz CT molecular complexity index is 117. The van der Waals surface area contributed by atoms with Gasteiger partial charge in [-0.25, -0.2) is 0 Å². The summed E-state index contributed by atoms with van der Waals surface area (Å²) < 4.78 is 5.62. The van der Waals surface area contributed by atoms with E-state index in [0.29, 0.717) is 0 Å². The number of rotatable bonds is 1. The average molecular weight is 176 g/mol. The van der Waals surface area contributed by atoms with E-state index in [4.69, 9.17) is 4.74 Å². The molecule has 0 radical (unpaired) electrons. The molecule has 1 aliphatic heterocycles. The van der Waals surface area contributed by atoms with E-state index in [1.807, 2.05) is 20.1 Å². The Balaban J connectivity index is 2.47. The van der Waals surface area contributed by atoms with Crippen molar-refractivity contribution in [2.24, 2.45) is 5.92 Å². The van der Waals surface area contributed by atoms with Crippen molar-refractivity contribution < 1.29 is 9.84 Å². The topological polar surface area (TPSA) is 29.5 Å². The Morgan fingerprint density at radius 3 is 2.55 bits per heavy atom. The molecular formula is C8H16O2S. The van der Waals surface area contributed by atoms with Crippen molar-refractivity contribution in [3.63, 3.8) is 0 Å². The summed E-state index contributed by atoms with van der Waals surface area (Å²) in [5, 5.41) is 9.56. The summed E-state index contributed by atoms with van der Waals surface area (Å²) >= 11 is 1.67. The average Bonchev–Trinajstić information content (AvgIpc) is 1.99. The summed E-state index contributed by atoms with van der Waals surface area (Å²) in [6, 6.07) is 0. The molecule has 0 aromatic heterocycles. The normalized spacial score (nSPS) is 45.8. The van der Waals surface area contributed by atoms with Gasteiger partial charge >= 0.3 is 0 Å². The van der Waals surface area contributed by atoms with Crippen molar-refractivity contribution >= 4 is 11.8 Å². The van der Waals surface area contributed by atoms with E-state index >= 15 is 0 Å². The monoisotopic (exact) mass is 176 g/mol. The van der Waals surface area contributed by atoms with E-state index in [9.17, 15) is 5.11 Å². The molecule has 0 unspecified atom stereocenters. The molecule has 2 nitrogen and oxygen atoms in total. The van der Waals surface area contributed by atoms with Crippen LogP contribution < -0.4 is 0 Å². The minimum Gasteiger partial charge on any atom is -0.393 e. The summed E-state index contributed by atoms with van der Waals surface area (Å²) in [6.45, 7) is 4.06. The second-order valence-corrected chi connectivity index (χ2v) is 4.17. The maximum atomic E-state index is 9.56. The molecule has 0 spiro atoms. The fourth-order valence-corrected chi connectivity index (χ4v) is 1.97. The summed E-state index contributed by atoms with van der Waals surface area (Å²) in [6.07, 6.45) is 2.79. The number of hydrogen-bond donors (Lipinski definition) is 1. The van der Waals surface area contributed by atoms with Crippen molar-refractivity contribution in [1.82, 2.24) is 0 Å². The predicted octanol–water partition coefficient (Wildman–Crippen LogP) is 1.48. The zero-order valence-corrected chi connectivity index (χ0v) is 8.10. The lowest BCUT2D eigenvalue weighted by Gasteiger charge is -2.35. The molecule has 0 amide bonds. The van der Waals surface area contributed by atoms with Gasteiger partial charge in [-0.05, 0) is 13.2 Å². The first-order chi connectivity index (χ1) is 5.15. The number of ether oxygens (including phenoxy) is 1. The molecule has 1 fully saturated rings. The SMILES string of the molecule is CS[C@@H]1C[C@H](O)[C@H](C)[C@@H](C)O1. The molecule has 0 aromatic carbocycles. The van der Waals surface area contributed by atoms with Crippen LogP contribution in [-0.4, -0.2) is 29.0 Å². The minimum absolute atomic E-state index is 0.184. The summed E-state index contributed by atoms with van der Waals surface area (Å²) in [7, 11) is 0. The lowest BCUT2D eigenvalue weighted by Crippen LogP contribution is -2.39. The fourth-order valence-electron chi connectivity index (χ4n) is 1.30. The number of aliphatic hydroxyl groups is 1. The van der Waals surface area contributed by atoms with Gasteiger partial charge in [-0.3, -0.25) is 0 Å². The first-order valence-electron chi connectivity index (χ1n) is 4.01. The molecule has 3 heteroatoms. The number of hydrogen-bond acceptors (Lipinski definition) is 3. The third-order valence-electron chi connectivity index (χ3n) is 2.41. The van der Waals surface area contributed by atoms with Crippen LogP contribution in [0.2, 0.25) is 0 Å². The Labute approximate surface area is 72.3 Å². The molecule has 1 saturated heterocycles. The van der Waals surface area contributed by atoms with Gasteiger partial charge in [0.1, 0.15) is 5.44 Å². The van der Waals surface area contributed by atoms with E-state index in [1.54, 1.807) is 11.8 Å². The molecule has 66 valence electrons. The maximum Gasteiger partial charge on any atom is 0.105 e. The Hall–Kier alpha value is 0.270. The summed E-state index contributed by atoms with van der Waals surface area (Å²) in [5.41, 5.74) is 0.191. The van der Waals surface area contributed by atoms with Crippen LogP contribution >= 0.6 is 11.8 Å². The molecule has 1 N–H and O–H groups in total. The highest BCUT2D eigenvalue weighted by molar-refractivity contribution is 7.99. The Morgan fingerprint density at radius 1 is 1.45 bits per heavy atom. The molecule has 0 aromatic rings. The van der Waals surface area contributed by atoms with Gasteiger partial charge in [-0.2, -0.15) is 0 Å². The van der Waals surface area contributed by atoms with Crippen LogP contribution in [0.3, 0.4) is 0 Å². The second kappa shape index (κ2) is 3.78. The van der Waals surface area contributed by atoms with Crippen molar-refractivity contribution in [3.05, 3.63) is 0 Å². The van der Waals surface area contributed by atoms with Gasteiger partial charge in [0, 0.05) is 12.3 Å². The molecule has 1 rings (SSSR count). The Morgan fingerprint density at radius 2 is 2.09 bits per heavy atom. The van der Waals surface area contributed by atoms with Gasteiger partial charge in [-0.1, -0.05) is 6.92 Å². The molecule has 11 heavy (non-hydrogen) atoms. The molecule has 1 aliphatic rings.